The molecule has 0 spiro atoms. The number of hydrogen-bond donors (Lipinski definition) is 1. The molecule has 0 saturated carbocycles. The van der Waals surface area contributed by atoms with Crippen molar-refractivity contribution in [3.63, 3.8) is 0 Å². The van der Waals surface area contributed by atoms with Crippen LogP contribution < -0.4 is 4.72 Å². The predicted molar refractivity (Wildman–Crippen MR) is 62.6 cm³/mol. The highest BCUT2D eigenvalue weighted by atomic mass is 35.5. The van der Waals surface area contributed by atoms with E-state index in [1.54, 1.807) is 19.1 Å². The topological polar surface area (TPSA) is 46.2 Å². The Morgan fingerprint density at radius 3 is 2.33 bits per heavy atom. The van der Waals surface area contributed by atoms with Gasteiger partial charge in [0.15, 0.2) is 0 Å². The average Bonchev–Trinajstić information content (AvgIpc) is 2.21. The smallest absolute Gasteiger partial charge is 0.214 e. The van der Waals surface area contributed by atoms with Crippen LogP contribution in [0.4, 0.5) is 0 Å². The van der Waals surface area contributed by atoms with E-state index in [-0.39, 0.29) is 0 Å². The second kappa shape index (κ2) is 4.96. The highest BCUT2D eigenvalue weighted by Crippen LogP contribution is 2.13. The quantitative estimate of drug-likeness (QED) is 0.882. The number of rotatable bonds is 4. The molecule has 84 valence electrons. The van der Waals surface area contributed by atoms with Crippen molar-refractivity contribution in [2.24, 2.45) is 0 Å². The number of halogens is 1. The fraction of sp³-hybridized carbons (Fsp3) is 0.400. The summed E-state index contributed by atoms with van der Waals surface area (Å²) in [4.78, 5) is 0. The maximum Gasteiger partial charge on any atom is 0.214 e. The van der Waals surface area contributed by atoms with Crippen LogP contribution in [-0.4, -0.2) is 20.7 Å². The van der Waals surface area contributed by atoms with Gasteiger partial charge in [-0.1, -0.05) is 23.7 Å². The fourth-order valence-electron chi connectivity index (χ4n) is 1.26. The number of sulfonamides is 1. The first-order valence-corrected chi connectivity index (χ1v) is 6.55. The first kappa shape index (κ1) is 12.5. The molecule has 3 nitrogen and oxygen atoms in total. The maximum atomic E-state index is 11.4. The van der Waals surface area contributed by atoms with Gasteiger partial charge in [-0.2, -0.15) is 0 Å². The molecule has 1 aromatic rings. The summed E-state index contributed by atoms with van der Waals surface area (Å²) in [5.74, 6) is 0. The molecule has 1 rings (SSSR count). The van der Waals surface area contributed by atoms with Crippen molar-refractivity contribution >= 4 is 21.6 Å². The standard InChI is InChI=1S/C10H14ClNO2S/c1-8(15(13,14)12-2)7-9-3-5-10(11)6-4-9/h3-6,8,12H,7H2,1-2H3. The summed E-state index contributed by atoms with van der Waals surface area (Å²) in [6.45, 7) is 1.68. The van der Waals surface area contributed by atoms with E-state index in [4.69, 9.17) is 11.6 Å². The summed E-state index contributed by atoms with van der Waals surface area (Å²) in [6.07, 6.45) is 0.486. The van der Waals surface area contributed by atoms with Crippen molar-refractivity contribution in [3.05, 3.63) is 34.9 Å². The van der Waals surface area contributed by atoms with E-state index in [2.05, 4.69) is 4.72 Å². The highest BCUT2D eigenvalue weighted by molar-refractivity contribution is 7.90. The molecule has 0 radical (unpaired) electrons. The van der Waals surface area contributed by atoms with E-state index in [9.17, 15) is 8.42 Å². The van der Waals surface area contributed by atoms with Gasteiger partial charge in [-0.05, 0) is 38.1 Å². The maximum absolute atomic E-state index is 11.4. The lowest BCUT2D eigenvalue weighted by molar-refractivity contribution is 0.574. The van der Waals surface area contributed by atoms with Crippen LogP contribution >= 0.6 is 11.6 Å². The Balaban J connectivity index is 2.75. The molecule has 1 unspecified atom stereocenters. The molecule has 1 aromatic carbocycles. The Bertz CT molecular complexity index is 414. The predicted octanol–water partition coefficient (Wildman–Crippen LogP) is 1.82. The lowest BCUT2D eigenvalue weighted by atomic mass is 10.1. The van der Waals surface area contributed by atoms with Crippen LogP contribution in [-0.2, 0) is 16.4 Å². The molecule has 1 N–H and O–H groups in total. The molecule has 0 heterocycles. The molecule has 0 aliphatic carbocycles. The van der Waals surface area contributed by atoms with Crippen LogP contribution in [0.1, 0.15) is 12.5 Å². The molecule has 0 bridgehead atoms. The monoisotopic (exact) mass is 247 g/mol. The molecular formula is C10H14ClNO2S. The Kier molecular flexibility index (Phi) is 4.13. The zero-order valence-corrected chi connectivity index (χ0v) is 10.3. The van der Waals surface area contributed by atoms with Crippen LogP contribution in [0.25, 0.3) is 0 Å². The second-order valence-corrected chi connectivity index (χ2v) is 6.13. The first-order valence-electron chi connectivity index (χ1n) is 4.62. The van der Waals surface area contributed by atoms with E-state index in [0.717, 1.165) is 5.56 Å². The van der Waals surface area contributed by atoms with Gasteiger partial charge in [0.1, 0.15) is 0 Å². The summed E-state index contributed by atoms with van der Waals surface area (Å²) in [5.41, 5.74) is 0.964. The van der Waals surface area contributed by atoms with Crippen molar-refractivity contribution in [3.8, 4) is 0 Å². The molecule has 0 saturated heterocycles. The van der Waals surface area contributed by atoms with Gasteiger partial charge in [0.25, 0.3) is 0 Å². The summed E-state index contributed by atoms with van der Waals surface area (Å²) < 4.78 is 25.2. The van der Waals surface area contributed by atoms with Gasteiger partial charge in [0.05, 0.1) is 5.25 Å². The molecule has 15 heavy (non-hydrogen) atoms. The zero-order chi connectivity index (χ0) is 11.5. The van der Waals surface area contributed by atoms with Gasteiger partial charge >= 0.3 is 0 Å². The van der Waals surface area contributed by atoms with Crippen LogP contribution in [0.15, 0.2) is 24.3 Å². The SMILES string of the molecule is CNS(=O)(=O)C(C)Cc1ccc(Cl)cc1. The zero-order valence-electron chi connectivity index (χ0n) is 8.70. The van der Waals surface area contributed by atoms with Crippen molar-refractivity contribution in [2.45, 2.75) is 18.6 Å². The Hall–Kier alpha value is -0.580. The van der Waals surface area contributed by atoms with E-state index in [1.165, 1.54) is 7.05 Å². The average molecular weight is 248 g/mol. The Morgan fingerprint density at radius 1 is 1.33 bits per heavy atom. The molecule has 0 aromatic heterocycles. The molecule has 0 aliphatic rings. The van der Waals surface area contributed by atoms with Gasteiger partial charge in [0.2, 0.25) is 10.0 Å². The lowest BCUT2D eigenvalue weighted by Crippen LogP contribution is -2.30. The minimum Gasteiger partial charge on any atom is -0.218 e. The van der Waals surface area contributed by atoms with E-state index < -0.39 is 15.3 Å². The van der Waals surface area contributed by atoms with E-state index in [0.29, 0.717) is 11.4 Å². The third-order valence-electron chi connectivity index (χ3n) is 2.25. The minimum absolute atomic E-state index is 0.441. The normalized spacial score (nSPS) is 13.8. The van der Waals surface area contributed by atoms with E-state index >= 15 is 0 Å². The van der Waals surface area contributed by atoms with Gasteiger partial charge in [-0.3, -0.25) is 0 Å². The summed E-state index contributed by atoms with van der Waals surface area (Å²) in [5, 5.41) is 0.214. The molecule has 1 atom stereocenters. The Labute approximate surface area is 95.5 Å². The number of nitrogens with one attached hydrogen (secondary N) is 1. The molecular weight excluding hydrogens is 234 g/mol. The molecule has 5 heteroatoms. The second-order valence-electron chi connectivity index (χ2n) is 3.39. The third-order valence-corrected chi connectivity index (χ3v) is 4.30. The van der Waals surface area contributed by atoms with Gasteiger partial charge < -0.3 is 0 Å². The molecule has 0 fully saturated rings. The summed E-state index contributed by atoms with van der Waals surface area (Å²) in [7, 11) is -1.77. The molecule has 0 amide bonds. The summed E-state index contributed by atoms with van der Waals surface area (Å²) >= 11 is 5.73. The lowest BCUT2D eigenvalue weighted by Gasteiger charge is -2.11. The third kappa shape index (κ3) is 3.48. The highest BCUT2D eigenvalue weighted by Gasteiger charge is 2.18. The van der Waals surface area contributed by atoms with Gasteiger partial charge in [-0.15, -0.1) is 0 Å². The van der Waals surface area contributed by atoms with Gasteiger partial charge in [-0.25, -0.2) is 13.1 Å². The summed E-state index contributed by atoms with van der Waals surface area (Å²) in [6, 6.07) is 7.19. The Morgan fingerprint density at radius 2 is 1.87 bits per heavy atom. The van der Waals surface area contributed by atoms with Crippen LogP contribution in [0.3, 0.4) is 0 Å². The van der Waals surface area contributed by atoms with Crippen molar-refractivity contribution in [1.29, 1.82) is 0 Å². The van der Waals surface area contributed by atoms with Crippen molar-refractivity contribution in [2.75, 3.05) is 7.05 Å². The van der Waals surface area contributed by atoms with E-state index in [1.807, 2.05) is 12.1 Å². The minimum atomic E-state index is -3.19. The van der Waals surface area contributed by atoms with Crippen LogP contribution in [0.2, 0.25) is 5.02 Å². The largest absolute Gasteiger partial charge is 0.218 e. The van der Waals surface area contributed by atoms with Crippen molar-refractivity contribution in [1.82, 2.24) is 4.72 Å². The van der Waals surface area contributed by atoms with Crippen LogP contribution in [0, 0.1) is 0 Å². The van der Waals surface area contributed by atoms with Crippen LogP contribution in [0.5, 0.6) is 0 Å². The fourth-order valence-corrected chi connectivity index (χ4v) is 2.20. The first-order chi connectivity index (χ1) is 6.95. The van der Waals surface area contributed by atoms with Crippen molar-refractivity contribution < 1.29 is 8.42 Å². The number of benzene rings is 1. The van der Waals surface area contributed by atoms with Gasteiger partial charge in [0, 0.05) is 5.02 Å². The molecule has 0 aliphatic heterocycles. The number of hydrogen-bond acceptors (Lipinski definition) is 2.